The van der Waals surface area contributed by atoms with Gasteiger partial charge in [-0.15, -0.1) is 0 Å². The first-order valence-corrected chi connectivity index (χ1v) is 10.6. The molecule has 3 heteroatoms. The molecule has 2 aromatic heterocycles. The van der Waals surface area contributed by atoms with Crippen molar-refractivity contribution >= 4 is 44.2 Å². The predicted molar refractivity (Wildman–Crippen MR) is 130 cm³/mol. The topological polar surface area (TPSA) is 25.8 Å². The molecule has 6 rings (SSSR count). The van der Waals surface area contributed by atoms with Crippen LogP contribution in [-0.4, -0.2) is 9.97 Å². The number of nitrogens with zero attached hydrogens (tertiary/aromatic N) is 2. The fourth-order valence-electron chi connectivity index (χ4n) is 4.29. The van der Waals surface area contributed by atoms with E-state index in [2.05, 4.69) is 78.9 Å². The smallest absolute Gasteiger partial charge is 0.130 e. The molecular formula is C28H17ClN2. The zero-order valence-electron chi connectivity index (χ0n) is 16.6. The van der Waals surface area contributed by atoms with Crippen LogP contribution in [0.3, 0.4) is 0 Å². The maximum Gasteiger partial charge on any atom is 0.130 e. The molecule has 0 aliphatic heterocycles. The molecule has 2 heterocycles. The van der Waals surface area contributed by atoms with Crippen molar-refractivity contribution in [2.75, 3.05) is 0 Å². The van der Waals surface area contributed by atoms with Crippen LogP contribution in [0.5, 0.6) is 0 Å². The molecule has 0 amide bonds. The summed E-state index contributed by atoms with van der Waals surface area (Å²) in [4.78, 5) is 9.70. The van der Waals surface area contributed by atoms with E-state index in [0.717, 1.165) is 44.2 Å². The first kappa shape index (κ1) is 18.1. The molecule has 0 bridgehead atoms. The molecule has 0 saturated carbocycles. The van der Waals surface area contributed by atoms with Gasteiger partial charge in [0.1, 0.15) is 5.15 Å². The summed E-state index contributed by atoms with van der Waals surface area (Å²) in [6, 6.07) is 35.3. The van der Waals surface area contributed by atoms with E-state index >= 15 is 0 Å². The van der Waals surface area contributed by atoms with Crippen LogP contribution in [0.25, 0.3) is 55.0 Å². The molecule has 146 valence electrons. The molecule has 0 unspecified atom stereocenters. The van der Waals surface area contributed by atoms with Gasteiger partial charge in [-0.05, 0) is 34.0 Å². The first-order chi connectivity index (χ1) is 15.3. The number of hydrogen-bond acceptors (Lipinski definition) is 2. The number of hydrogen-bond donors (Lipinski definition) is 0. The number of benzene rings is 4. The largest absolute Gasteiger partial charge is 0.245 e. The van der Waals surface area contributed by atoms with Crippen LogP contribution in [0, 0.1) is 0 Å². The third-order valence-electron chi connectivity index (χ3n) is 5.76. The third-order valence-corrected chi connectivity index (χ3v) is 5.95. The van der Waals surface area contributed by atoms with Crippen LogP contribution in [0.1, 0.15) is 0 Å². The zero-order chi connectivity index (χ0) is 20.8. The summed E-state index contributed by atoms with van der Waals surface area (Å²) >= 11 is 6.54. The highest BCUT2D eigenvalue weighted by Crippen LogP contribution is 2.37. The van der Waals surface area contributed by atoms with Gasteiger partial charge in [0.15, 0.2) is 0 Å². The van der Waals surface area contributed by atoms with E-state index in [1.807, 2.05) is 24.3 Å². The summed E-state index contributed by atoms with van der Waals surface area (Å²) < 4.78 is 0. The fraction of sp³-hybridized carbons (Fsp3) is 0. The molecule has 2 nitrogen and oxygen atoms in total. The van der Waals surface area contributed by atoms with Gasteiger partial charge in [-0.3, -0.25) is 0 Å². The number of fused-ring (bicyclic) bond motifs is 4. The van der Waals surface area contributed by atoms with E-state index in [0.29, 0.717) is 5.15 Å². The normalized spacial score (nSPS) is 11.4. The zero-order valence-corrected chi connectivity index (χ0v) is 17.3. The Bertz CT molecular complexity index is 1580. The van der Waals surface area contributed by atoms with Crippen molar-refractivity contribution in [3.8, 4) is 22.4 Å². The third kappa shape index (κ3) is 3.04. The average molecular weight is 417 g/mol. The summed E-state index contributed by atoms with van der Waals surface area (Å²) in [6.07, 6.45) is 0. The summed E-state index contributed by atoms with van der Waals surface area (Å²) in [6.45, 7) is 0. The SMILES string of the molecule is Clc1cc(-c2cccc3ccccc23)c2ccc3ccc(-c4ccccc4)nc3c2n1. The Morgan fingerprint density at radius 1 is 0.516 bits per heavy atom. The molecule has 31 heavy (non-hydrogen) atoms. The molecule has 6 aromatic rings. The van der Waals surface area contributed by atoms with Crippen molar-refractivity contribution in [2.45, 2.75) is 0 Å². The van der Waals surface area contributed by atoms with Crippen molar-refractivity contribution in [2.24, 2.45) is 0 Å². The second-order valence-corrected chi connectivity index (χ2v) is 8.00. The average Bonchev–Trinajstić information content (AvgIpc) is 2.83. The number of rotatable bonds is 2. The van der Waals surface area contributed by atoms with Crippen molar-refractivity contribution in [1.29, 1.82) is 0 Å². The molecule has 0 saturated heterocycles. The van der Waals surface area contributed by atoms with Gasteiger partial charge >= 0.3 is 0 Å². The van der Waals surface area contributed by atoms with Gasteiger partial charge in [0.2, 0.25) is 0 Å². The highest BCUT2D eigenvalue weighted by Gasteiger charge is 2.14. The van der Waals surface area contributed by atoms with Crippen LogP contribution < -0.4 is 0 Å². The van der Waals surface area contributed by atoms with Crippen LogP contribution in [0.15, 0.2) is 103 Å². The molecule has 0 fully saturated rings. The van der Waals surface area contributed by atoms with E-state index in [9.17, 15) is 0 Å². The lowest BCUT2D eigenvalue weighted by Gasteiger charge is -2.12. The van der Waals surface area contributed by atoms with Gasteiger partial charge in [-0.1, -0.05) is 103 Å². The van der Waals surface area contributed by atoms with E-state index in [1.165, 1.54) is 10.8 Å². The monoisotopic (exact) mass is 416 g/mol. The molecule has 0 radical (unpaired) electrons. The van der Waals surface area contributed by atoms with E-state index in [4.69, 9.17) is 21.6 Å². The minimum atomic E-state index is 0.467. The first-order valence-electron chi connectivity index (χ1n) is 10.2. The fourth-order valence-corrected chi connectivity index (χ4v) is 4.49. The predicted octanol–water partition coefficient (Wildman–Crippen LogP) is 7.92. The van der Waals surface area contributed by atoms with Gasteiger partial charge in [0.25, 0.3) is 0 Å². The van der Waals surface area contributed by atoms with Crippen LogP contribution in [0.2, 0.25) is 5.15 Å². The van der Waals surface area contributed by atoms with E-state index in [1.54, 1.807) is 0 Å². The van der Waals surface area contributed by atoms with Crippen molar-refractivity contribution in [3.05, 3.63) is 108 Å². The quantitative estimate of drug-likeness (QED) is 0.211. The van der Waals surface area contributed by atoms with Crippen LogP contribution in [0.4, 0.5) is 0 Å². The second-order valence-electron chi connectivity index (χ2n) is 7.62. The Balaban J connectivity index is 1.68. The Morgan fingerprint density at radius 2 is 1.29 bits per heavy atom. The molecule has 0 aliphatic rings. The molecular weight excluding hydrogens is 400 g/mol. The van der Waals surface area contributed by atoms with Crippen LogP contribution >= 0.6 is 11.6 Å². The number of aromatic nitrogens is 2. The minimum Gasteiger partial charge on any atom is -0.245 e. The summed E-state index contributed by atoms with van der Waals surface area (Å²) in [5.41, 5.74) is 5.91. The lowest BCUT2D eigenvalue weighted by molar-refractivity contribution is 1.37. The van der Waals surface area contributed by atoms with E-state index in [-0.39, 0.29) is 0 Å². The lowest BCUT2D eigenvalue weighted by Crippen LogP contribution is -1.92. The van der Waals surface area contributed by atoms with Gasteiger partial charge in [0, 0.05) is 16.3 Å². The van der Waals surface area contributed by atoms with Gasteiger partial charge in [-0.25, -0.2) is 9.97 Å². The Labute approximate surface area is 184 Å². The van der Waals surface area contributed by atoms with Crippen molar-refractivity contribution in [3.63, 3.8) is 0 Å². The highest BCUT2D eigenvalue weighted by molar-refractivity contribution is 6.31. The van der Waals surface area contributed by atoms with Gasteiger partial charge in [0.05, 0.1) is 16.7 Å². The molecule has 0 spiro atoms. The standard InChI is InChI=1S/C28H17ClN2/c29-26-17-24(22-12-6-10-18-7-4-5-11-21(18)22)23-15-13-20-14-16-25(19-8-2-1-3-9-19)30-27(20)28(23)31-26/h1-17H. The molecule has 0 aliphatic carbocycles. The van der Waals surface area contributed by atoms with Crippen molar-refractivity contribution in [1.82, 2.24) is 9.97 Å². The lowest BCUT2D eigenvalue weighted by atomic mass is 9.95. The Hall–Kier alpha value is -3.75. The minimum absolute atomic E-state index is 0.467. The second kappa shape index (κ2) is 7.19. The number of pyridine rings is 2. The number of halogens is 1. The Morgan fingerprint density at radius 3 is 2.19 bits per heavy atom. The van der Waals surface area contributed by atoms with Gasteiger partial charge in [-0.2, -0.15) is 0 Å². The highest BCUT2D eigenvalue weighted by atomic mass is 35.5. The van der Waals surface area contributed by atoms with E-state index < -0.39 is 0 Å². The maximum absolute atomic E-state index is 6.54. The maximum atomic E-state index is 6.54. The summed E-state index contributed by atoms with van der Waals surface area (Å²) in [5.74, 6) is 0. The van der Waals surface area contributed by atoms with Gasteiger partial charge < -0.3 is 0 Å². The summed E-state index contributed by atoms with van der Waals surface area (Å²) in [7, 11) is 0. The van der Waals surface area contributed by atoms with Crippen LogP contribution in [-0.2, 0) is 0 Å². The summed E-state index contributed by atoms with van der Waals surface area (Å²) in [5, 5.41) is 4.96. The Kier molecular flexibility index (Phi) is 4.19. The van der Waals surface area contributed by atoms with Crippen molar-refractivity contribution < 1.29 is 0 Å². The molecule has 4 aromatic carbocycles. The molecule has 0 N–H and O–H groups in total. The molecule has 0 atom stereocenters.